The van der Waals surface area contributed by atoms with Crippen LogP contribution in [0, 0.1) is 6.92 Å². The van der Waals surface area contributed by atoms with E-state index in [9.17, 15) is 14.7 Å². The molecule has 0 saturated carbocycles. The Morgan fingerprint density at radius 3 is 2.75 bits per heavy atom. The van der Waals surface area contributed by atoms with Crippen LogP contribution in [-0.4, -0.2) is 43.6 Å². The zero-order valence-corrected chi connectivity index (χ0v) is 11.1. The minimum atomic E-state index is -1.35. The Labute approximate surface area is 114 Å². The smallest absolute Gasteiger partial charge is 0.328 e. The van der Waals surface area contributed by atoms with Crippen LogP contribution in [0.1, 0.15) is 23.0 Å². The molecule has 0 aliphatic rings. The van der Waals surface area contributed by atoms with E-state index in [2.05, 4.69) is 10.3 Å². The first-order valence-electron chi connectivity index (χ1n) is 6.05. The predicted octanol–water partition coefficient (Wildman–Crippen LogP) is 0.207. The maximum atomic E-state index is 12.0. The number of carboxylic acid groups (broad SMARTS) is 1. The van der Waals surface area contributed by atoms with Gasteiger partial charge in [0.15, 0.2) is 6.04 Å². The zero-order valence-electron chi connectivity index (χ0n) is 11.1. The molecule has 0 radical (unpaired) electrons. The summed E-state index contributed by atoms with van der Waals surface area (Å²) in [6.45, 7) is 3.14. The van der Waals surface area contributed by atoms with Crippen LogP contribution in [0.2, 0.25) is 0 Å². The number of hydrogen-bond donors (Lipinski definition) is 3. The van der Waals surface area contributed by atoms with Crippen LogP contribution < -0.4 is 5.32 Å². The van der Waals surface area contributed by atoms with E-state index in [1.807, 2.05) is 13.1 Å². The summed E-state index contributed by atoms with van der Waals surface area (Å²) in [5, 5.41) is 20.5. The Morgan fingerprint density at radius 1 is 1.45 bits per heavy atom. The van der Waals surface area contributed by atoms with Crippen molar-refractivity contribution in [1.29, 1.82) is 0 Å². The molecule has 2 aromatic heterocycles. The van der Waals surface area contributed by atoms with E-state index in [-0.39, 0.29) is 5.56 Å². The molecule has 3 N–H and O–H groups in total. The molecule has 7 heteroatoms. The summed E-state index contributed by atoms with van der Waals surface area (Å²) in [5.74, 6) is -1.85. The van der Waals surface area contributed by atoms with Crippen molar-refractivity contribution in [3.05, 3.63) is 35.8 Å². The second kappa shape index (κ2) is 5.30. The van der Waals surface area contributed by atoms with E-state index in [0.717, 1.165) is 5.69 Å². The van der Waals surface area contributed by atoms with Crippen LogP contribution in [0.15, 0.2) is 24.5 Å². The third-order valence-corrected chi connectivity index (χ3v) is 2.88. The summed E-state index contributed by atoms with van der Waals surface area (Å²) in [6, 6.07) is 1.77. The van der Waals surface area contributed by atoms with Crippen molar-refractivity contribution < 1.29 is 19.8 Å². The van der Waals surface area contributed by atoms with Crippen LogP contribution in [0.25, 0.3) is 5.65 Å². The van der Waals surface area contributed by atoms with Crippen LogP contribution in [0.4, 0.5) is 0 Å². The minimum absolute atomic E-state index is 0.287. The fraction of sp³-hybridized carbons (Fsp3) is 0.308. The summed E-state index contributed by atoms with van der Waals surface area (Å²) in [6.07, 6.45) is 2.30. The van der Waals surface area contributed by atoms with Crippen LogP contribution in [0.5, 0.6) is 0 Å². The number of nitrogens with one attached hydrogen (secondary N) is 1. The van der Waals surface area contributed by atoms with E-state index in [0.29, 0.717) is 5.65 Å². The molecule has 2 unspecified atom stereocenters. The Hall–Kier alpha value is -2.41. The molecule has 0 fully saturated rings. The molecule has 0 aromatic carbocycles. The van der Waals surface area contributed by atoms with Crippen LogP contribution in [0.3, 0.4) is 0 Å². The first-order valence-corrected chi connectivity index (χ1v) is 6.05. The number of aryl methyl sites for hydroxylation is 1. The average Bonchev–Trinajstić information content (AvgIpc) is 2.73. The highest BCUT2D eigenvalue weighted by Gasteiger charge is 2.25. The Balaban J connectivity index is 2.24. The van der Waals surface area contributed by atoms with E-state index in [4.69, 9.17) is 5.11 Å². The number of aliphatic hydroxyl groups excluding tert-OH is 1. The first kappa shape index (κ1) is 14.0. The van der Waals surface area contributed by atoms with Crippen molar-refractivity contribution in [1.82, 2.24) is 14.7 Å². The molecule has 1 amide bonds. The number of pyridine rings is 1. The number of amides is 1. The maximum absolute atomic E-state index is 12.0. The third-order valence-electron chi connectivity index (χ3n) is 2.88. The molecule has 2 aromatic rings. The van der Waals surface area contributed by atoms with Gasteiger partial charge in [-0.25, -0.2) is 9.78 Å². The lowest BCUT2D eigenvalue weighted by molar-refractivity contribution is -0.141. The summed E-state index contributed by atoms with van der Waals surface area (Å²) >= 11 is 0. The number of hydrogen-bond acceptors (Lipinski definition) is 4. The Bertz CT molecular complexity index is 663. The summed E-state index contributed by atoms with van der Waals surface area (Å²) in [7, 11) is 0. The van der Waals surface area contributed by atoms with Crippen molar-refractivity contribution in [3.8, 4) is 0 Å². The molecule has 0 aliphatic heterocycles. The quantitative estimate of drug-likeness (QED) is 0.741. The average molecular weight is 277 g/mol. The number of aromatic nitrogens is 2. The zero-order chi connectivity index (χ0) is 14.9. The molecule has 20 heavy (non-hydrogen) atoms. The van der Waals surface area contributed by atoms with Crippen molar-refractivity contribution >= 4 is 17.5 Å². The Morgan fingerprint density at radius 2 is 2.15 bits per heavy atom. The van der Waals surface area contributed by atoms with Crippen molar-refractivity contribution in [3.63, 3.8) is 0 Å². The van der Waals surface area contributed by atoms with Gasteiger partial charge in [0, 0.05) is 18.0 Å². The van der Waals surface area contributed by atoms with Crippen LogP contribution >= 0.6 is 0 Å². The highest BCUT2D eigenvalue weighted by Crippen LogP contribution is 2.08. The van der Waals surface area contributed by atoms with Gasteiger partial charge in [0.2, 0.25) is 0 Å². The first-order chi connectivity index (χ1) is 9.38. The predicted molar refractivity (Wildman–Crippen MR) is 70.5 cm³/mol. The van der Waals surface area contributed by atoms with Gasteiger partial charge in [0.25, 0.3) is 5.91 Å². The molecule has 7 nitrogen and oxygen atoms in total. The van der Waals surface area contributed by atoms with Gasteiger partial charge in [0.1, 0.15) is 5.65 Å². The van der Waals surface area contributed by atoms with Gasteiger partial charge in [-0.15, -0.1) is 0 Å². The molecule has 0 saturated heterocycles. The monoisotopic (exact) mass is 277 g/mol. The van der Waals surface area contributed by atoms with E-state index < -0.39 is 24.0 Å². The van der Waals surface area contributed by atoms with Gasteiger partial charge in [-0.1, -0.05) is 0 Å². The molecule has 106 valence electrons. The number of imidazole rings is 1. The number of carbonyl (C=O) groups excluding carboxylic acids is 1. The summed E-state index contributed by atoms with van der Waals surface area (Å²) in [5.41, 5.74) is 1.70. The van der Waals surface area contributed by atoms with Gasteiger partial charge in [-0.3, -0.25) is 4.79 Å². The lowest BCUT2D eigenvalue weighted by Crippen LogP contribution is -2.47. The van der Waals surface area contributed by atoms with E-state index in [1.165, 1.54) is 6.92 Å². The molecule has 2 heterocycles. The lowest BCUT2D eigenvalue weighted by Gasteiger charge is -2.16. The number of aliphatic hydroxyl groups is 1. The number of aliphatic carboxylic acids is 1. The SMILES string of the molecule is Cc1cn2ccc(C(=O)NC(C(=O)O)C(C)O)cc2n1. The second-order valence-electron chi connectivity index (χ2n) is 4.59. The standard InChI is InChI=1S/C13H15N3O4/c1-7-6-16-4-3-9(5-10(16)14-7)12(18)15-11(8(2)17)13(19)20/h3-6,8,11,17H,1-2H3,(H,15,18)(H,19,20). The highest BCUT2D eigenvalue weighted by atomic mass is 16.4. The molecule has 0 bridgehead atoms. The van der Waals surface area contributed by atoms with Gasteiger partial charge in [-0.2, -0.15) is 0 Å². The van der Waals surface area contributed by atoms with Crippen molar-refractivity contribution in [2.45, 2.75) is 26.0 Å². The molecule has 2 atom stereocenters. The number of fused-ring (bicyclic) bond motifs is 1. The highest BCUT2D eigenvalue weighted by molar-refractivity contribution is 5.97. The minimum Gasteiger partial charge on any atom is -0.480 e. The second-order valence-corrected chi connectivity index (χ2v) is 4.59. The van der Waals surface area contributed by atoms with Gasteiger partial charge in [0.05, 0.1) is 11.8 Å². The number of nitrogens with zero attached hydrogens (tertiary/aromatic N) is 2. The number of rotatable bonds is 4. The van der Waals surface area contributed by atoms with Gasteiger partial charge < -0.3 is 19.9 Å². The van der Waals surface area contributed by atoms with E-state index >= 15 is 0 Å². The summed E-state index contributed by atoms with van der Waals surface area (Å²) < 4.78 is 1.76. The van der Waals surface area contributed by atoms with Crippen LogP contribution in [-0.2, 0) is 4.79 Å². The maximum Gasteiger partial charge on any atom is 0.328 e. The largest absolute Gasteiger partial charge is 0.480 e. The fourth-order valence-electron chi connectivity index (χ4n) is 1.86. The normalized spacial score (nSPS) is 13.9. The topological polar surface area (TPSA) is 104 Å². The van der Waals surface area contributed by atoms with Crippen molar-refractivity contribution in [2.24, 2.45) is 0 Å². The van der Waals surface area contributed by atoms with Crippen molar-refractivity contribution in [2.75, 3.05) is 0 Å². The molecule has 2 rings (SSSR count). The molecule has 0 aliphatic carbocycles. The lowest BCUT2D eigenvalue weighted by atomic mass is 10.1. The fourth-order valence-corrected chi connectivity index (χ4v) is 1.86. The summed E-state index contributed by atoms with van der Waals surface area (Å²) in [4.78, 5) is 27.1. The Kier molecular flexibility index (Phi) is 3.71. The van der Waals surface area contributed by atoms with E-state index in [1.54, 1.807) is 22.7 Å². The third kappa shape index (κ3) is 2.77. The van der Waals surface area contributed by atoms with Gasteiger partial charge in [-0.05, 0) is 26.0 Å². The molecular formula is C13H15N3O4. The number of carboxylic acids is 1. The number of carbonyl (C=O) groups is 2. The molecular weight excluding hydrogens is 262 g/mol. The van der Waals surface area contributed by atoms with Gasteiger partial charge >= 0.3 is 5.97 Å². The molecule has 0 spiro atoms.